The van der Waals surface area contributed by atoms with Gasteiger partial charge < -0.3 is 10.1 Å². The Balaban J connectivity index is 2.77. The van der Waals surface area contributed by atoms with Crippen molar-refractivity contribution in [2.45, 2.75) is 65.6 Å². The molecule has 2 atom stereocenters. The number of hydrogen-bond donors (Lipinski definition) is 2. The standard InChI is InChI=1S/C19H32N2O4S/c1-14(2)12-17(20-18(22)25-19(4,5)6)13-26(23,24)21-15(3)16-10-8-7-9-11-16/h7-11,14-15,17,21H,12-13H2,1-6H3,(H,20,22)/t15-,17-/m0/s1. The molecule has 148 valence electrons. The van der Waals surface area contributed by atoms with Crippen LogP contribution in [0.4, 0.5) is 4.79 Å². The zero-order valence-corrected chi connectivity index (χ0v) is 17.4. The van der Waals surface area contributed by atoms with Crippen LogP contribution in [-0.2, 0) is 14.8 Å². The Morgan fingerprint density at radius 3 is 2.19 bits per heavy atom. The molecule has 0 saturated carbocycles. The van der Waals surface area contributed by atoms with Gasteiger partial charge in [-0.1, -0.05) is 44.2 Å². The molecule has 0 aliphatic carbocycles. The normalized spacial score (nSPS) is 14.7. The minimum absolute atomic E-state index is 0.193. The Labute approximate surface area is 157 Å². The number of alkyl carbamates (subject to hydrolysis) is 1. The molecule has 26 heavy (non-hydrogen) atoms. The van der Waals surface area contributed by atoms with E-state index in [1.165, 1.54) is 0 Å². The summed E-state index contributed by atoms with van der Waals surface area (Å²) >= 11 is 0. The number of amides is 1. The van der Waals surface area contributed by atoms with E-state index in [0.717, 1.165) is 5.56 Å². The van der Waals surface area contributed by atoms with Gasteiger partial charge in [-0.2, -0.15) is 0 Å². The van der Waals surface area contributed by atoms with Crippen LogP contribution in [0.25, 0.3) is 0 Å². The Hall–Kier alpha value is -1.60. The van der Waals surface area contributed by atoms with E-state index in [9.17, 15) is 13.2 Å². The van der Waals surface area contributed by atoms with Crippen LogP contribution in [-0.4, -0.2) is 31.9 Å². The smallest absolute Gasteiger partial charge is 0.407 e. The number of nitrogens with one attached hydrogen (secondary N) is 2. The summed E-state index contributed by atoms with van der Waals surface area (Å²) in [6.07, 6.45) is -0.0608. The number of ether oxygens (including phenoxy) is 1. The quantitative estimate of drug-likeness (QED) is 0.717. The Morgan fingerprint density at radius 2 is 1.69 bits per heavy atom. The van der Waals surface area contributed by atoms with Crippen LogP contribution in [0.3, 0.4) is 0 Å². The summed E-state index contributed by atoms with van der Waals surface area (Å²) in [5, 5.41) is 2.69. The number of sulfonamides is 1. The van der Waals surface area contributed by atoms with Gasteiger partial charge in [-0.25, -0.2) is 17.9 Å². The van der Waals surface area contributed by atoms with Crippen LogP contribution in [0, 0.1) is 5.92 Å². The first-order valence-electron chi connectivity index (χ1n) is 8.92. The summed E-state index contributed by atoms with van der Waals surface area (Å²) in [4.78, 5) is 12.0. The molecule has 0 radical (unpaired) electrons. The van der Waals surface area contributed by atoms with Crippen LogP contribution in [0.5, 0.6) is 0 Å². The predicted molar refractivity (Wildman–Crippen MR) is 104 cm³/mol. The Bertz CT molecular complexity index is 667. The third-order valence-corrected chi connectivity index (χ3v) is 5.11. The summed E-state index contributed by atoms with van der Waals surface area (Å²) in [5.74, 6) is 0.0402. The molecule has 6 nitrogen and oxygen atoms in total. The lowest BCUT2D eigenvalue weighted by Gasteiger charge is -2.25. The summed E-state index contributed by atoms with van der Waals surface area (Å²) in [7, 11) is -3.58. The van der Waals surface area contributed by atoms with Gasteiger partial charge in [-0.3, -0.25) is 0 Å². The molecule has 2 N–H and O–H groups in total. The SMILES string of the molecule is CC(C)C[C@@H](CS(=O)(=O)N[C@@H](C)c1ccccc1)NC(=O)OC(C)(C)C. The van der Waals surface area contributed by atoms with Gasteiger partial charge in [0, 0.05) is 12.1 Å². The van der Waals surface area contributed by atoms with Crippen molar-refractivity contribution >= 4 is 16.1 Å². The van der Waals surface area contributed by atoms with E-state index in [0.29, 0.717) is 6.42 Å². The van der Waals surface area contributed by atoms with E-state index in [2.05, 4.69) is 10.0 Å². The Morgan fingerprint density at radius 1 is 1.12 bits per heavy atom. The maximum atomic E-state index is 12.6. The van der Waals surface area contributed by atoms with E-state index < -0.39 is 27.8 Å². The number of benzene rings is 1. The minimum atomic E-state index is -3.58. The molecule has 0 aliphatic rings. The van der Waals surface area contributed by atoms with Crippen molar-refractivity contribution in [2.24, 2.45) is 5.92 Å². The Kier molecular flexibility index (Phi) is 8.09. The zero-order chi connectivity index (χ0) is 20.0. The molecule has 1 aromatic carbocycles. The molecule has 1 amide bonds. The van der Waals surface area contributed by atoms with Gasteiger partial charge in [0.05, 0.1) is 5.75 Å². The molecule has 0 aromatic heterocycles. The second-order valence-corrected chi connectivity index (χ2v) is 9.80. The predicted octanol–water partition coefficient (Wildman–Crippen LogP) is 3.61. The largest absolute Gasteiger partial charge is 0.444 e. The second kappa shape index (κ2) is 9.37. The lowest BCUT2D eigenvalue weighted by Crippen LogP contribution is -2.45. The lowest BCUT2D eigenvalue weighted by molar-refractivity contribution is 0.0504. The van der Waals surface area contributed by atoms with E-state index in [1.54, 1.807) is 27.7 Å². The van der Waals surface area contributed by atoms with Crippen molar-refractivity contribution < 1.29 is 17.9 Å². The lowest BCUT2D eigenvalue weighted by atomic mass is 10.1. The number of hydrogen-bond acceptors (Lipinski definition) is 4. The van der Waals surface area contributed by atoms with Gasteiger partial charge in [-0.15, -0.1) is 0 Å². The van der Waals surface area contributed by atoms with Crippen molar-refractivity contribution in [3.05, 3.63) is 35.9 Å². The average Bonchev–Trinajstić information content (AvgIpc) is 2.44. The van der Waals surface area contributed by atoms with Gasteiger partial charge in [-0.05, 0) is 45.6 Å². The summed E-state index contributed by atoms with van der Waals surface area (Å²) in [6, 6.07) is 8.49. The molecule has 0 spiro atoms. The van der Waals surface area contributed by atoms with Gasteiger partial charge in [0.2, 0.25) is 10.0 Å². The molecule has 1 rings (SSSR count). The summed E-state index contributed by atoms with van der Waals surface area (Å²) in [6.45, 7) is 11.1. The van der Waals surface area contributed by atoms with Crippen LogP contribution in [0.2, 0.25) is 0 Å². The summed E-state index contributed by atoms with van der Waals surface area (Å²) in [5.41, 5.74) is 0.252. The molecular formula is C19H32N2O4S. The maximum absolute atomic E-state index is 12.6. The number of carbonyl (C=O) groups excluding carboxylic acids is 1. The summed E-state index contributed by atoms with van der Waals surface area (Å²) < 4.78 is 33.1. The van der Waals surface area contributed by atoms with E-state index in [4.69, 9.17) is 4.74 Å². The molecule has 1 aromatic rings. The molecule has 0 fully saturated rings. The first kappa shape index (κ1) is 22.4. The highest BCUT2D eigenvalue weighted by molar-refractivity contribution is 7.89. The van der Waals surface area contributed by atoms with Crippen molar-refractivity contribution in [1.29, 1.82) is 0 Å². The van der Waals surface area contributed by atoms with Gasteiger partial charge in [0.25, 0.3) is 0 Å². The first-order chi connectivity index (χ1) is 11.9. The van der Waals surface area contributed by atoms with Crippen molar-refractivity contribution in [1.82, 2.24) is 10.0 Å². The first-order valence-corrected chi connectivity index (χ1v) is 10.6. The number of carbonyl (C=O) groups is 1. The van der Waals surface area contributed by atoms with E-state index in [1.807, 2.05) is 44.2 Å². The van der Waals surface area contributed by atoms with Crippen LogP contribution in [0.1, 0.15) is 59.6 Å². The fourth-order valence-corrected chi connectivity index (χ4v) is 4.12. The molecule has 0 aliphatic heterocycles. The molecule has 0 saturated heterocycles. The molecule has 0 bridgehead atoms. The van der Waals surface area contributed by atoms with E-state index in [-0.39, 0.29) is 17.7 Å². The monoisotopic (exact) mass is 384 g/mol. The van der Waals surface area contributed by atoms with E-state index >= 15 is 0 Å². The van der Waals surface area contributed by atoms with Gasteiger partial charge in [0.1, 0.15) is 5.60 Å². The zero-order valence-electron chi connectivity index (χ0n) is 16.6. The highest BCUT2D eigenvalue weighted by Crippen LogP contribution is 2.15. The van der Waals surface area contributed by atoms with Crippen LogP contribution in [0.15, 0.2) is 30.3 Å². The number of rotatable bonds is 8. The minimum Gasteiger partial charge on any atom is -0.444 e. The molecule has 7 heteroatoms. The highest BCUT2D eigenvalue weighted by atomic mass is 32.2. The maximum Gasteiger partial charge on any atom is 0.407 e. The van der Waals surface area contributed by atoms with Gasteiger partial charge >= 0.3 is 6.09 Å². The average molecular weight is 385 g/mol. The van der Waals surface area contributed by atoms with Crippen LogP contribution < -0.4 is 10.0 Å². The topological polar surface area (TPSA) is 84.5 Å². The third-order valence-electron chi connectivity index (χ3n) is 3.55. The van der Waals surface area contributed by atoms with Crippen LogP contribution >= 0.6 is 0 Å². The highest BCUT2D eigenvalue weighted by Gasteiger charge is 2.25. The van der Waals surface area contributed by atoms with Crippen molar-refractivity contribution in [3.8, 4) is 0 Å². The van der Waals surface area contributed by atoms with Gasteiger partial charge in [0.15, 0.2) is 0 Å². The molecule has 0 unspecified atom stereocenters. The van der Waals surface area contributed by atoms with Crippen molar-refractivity contribution in [2.75, 3.05) is 5.75 Å². The third kappa shape index (κ3) is 9.20. The van der Waals surface area contributed by atoms with Crippen molar-refractivity contribution in [3.63, 3.8) is 0 Å². The second-order valence-electron chi connectivity index (χ2n) is 8.00. The fraction of sp³-hybridized carbons (Fsp3) is 0.632. The molecular weight excluding hydrogens is 352 g/mol. The molecule has 0 heterocycles. The fourth-order valence-electron chi connectivity index (χ4n) is 2.60.